The Hall–Kier alpha value is -0.830. The molecule has 0 aliphatic carbocycles. The Morgan fingerprint density at radius 2 is 2.00 bits per heavy atom. The molecule has 14 heavy (non-hydrogen) atoms. The van der Waals surface area contributed by atoms with Gasteiger partial charge in [-0.05, 0) is 18.8 Å². The summed E-state index contributed by atoms with van der Waals surface area (Å²) in [7, 11) is 0. The summed E-state index contributed by atoms with van der Waals surface area (Å²) in [6.07, 6.45) is 0.958. The summed E-state index contributed by atoms with van der Waals surface area (Å²) in [5, 5.41) is 0. The number of nitrogens with two attached hydrogens (primary N) is 1. The normalized spacial score (nSPS) is 14.4. The van der Waals surface area contributed by atoms with E-state index in [4.69, 9.17) is 5.73 Å². The molecule has 0 bridgehead atoms. The molecule has 0 radical (unpaired) electrons. The number of hydrogen-bond acceptors (Lipinski definition) is 2. The predicted molar refractivity (Wildman–Crippen MR) is 59.1 cm³/mol. The van der Waals surface area contributed by atoms with Gasteiger partial charge < -0.3 is 10.7 Å². The minimum atomic E-state index is -0.0264. The molecule has 1 rings (SSSR count). The first-order valence-electron chi connectivity index (χ1n) is 5.17. The van der Waals surface area contributed by atoms with Crippen molar-refractivity contribution in [1.29, 1.82) is 0 Å². The zero-order valence-electron chi connectivity index (χ0n) is 9.81. The van der Waals surface area contributed by atoms with Crippen LogP contribution in [0, 0.1) is 12.3 Å². The van der Waals surface area contributed by atoms with E-state index >= 15 is 0 Å². The molecule has 3 heteroatoms. The zero-order chi connectivity index (χ0) is 10.9. The second-order valence-corrected chi connectivity index (χ2v) is 4.89. The highest BCUT2D eigenvalue weighted by atomic mass is 15.0. The molecular formula is C11H21N3. The Morgan fingerprint density at radius 1 is 1.43 bits per heavy atom. The van der Waals surface area contributed by atoms with Crippen LogP contribution in [0.1, 0.15) is 50.9 Å². The summed E-state index contributed by atoms with van der Waals surface area (Å²) in [6.45, 7) is 10.5. The van der Waals surface area contributed by atoms with E-state index in [2.05, 4.69) is 37.7 Å². The van der Waals surface area contributed by atoms with Crippen molar-refractivity contribution in [1.82, 2.24) is 9.97 Å². The van der Waals surface area contributed by atoms with Crippen LogP contribution in [0.5, 0.6) is 0 Å². The Morgan fingerprint density at radius 3 is 2.36 bits per heavy atom. The smallest absolute Gasteiger partial charge is 0.124 e. The average molecular weight is 195 g/mol. The van der Waals surface area contributed by atoms with Crippen molar-refractivity contribution in [3.63, 3.8) is 0 Å². The molecule has 0 spiro atoms. The van der Waals surface area contributed by atoms with E-state index in [0.717, 1.165) is 23.6 Å². The van der Waals surface area contributed by atoms with Gasteiger partial charge in [-0.2, -0.15) is 0 Å². The van der Waals surface area contributed by atoms with Crippen LogP contribution in [0.3, 0.4) is 0 Å². The third-order valence-electron chi connectivity index (χ3n) is 2.57. The summed E-state index contributed by atoms with van der Waals surface area (Å²) >= 11 is 0. The highest BCUT2D eigenvalue weighted by molar-refractivity contribution is 5.15. The van der Waals surface area contributed by atoms with E-state index < -0.39 is 0 Å². The molecule has 1 aromatic rings. The quantitative estimate of drug-likeness (QED) is 0.761. The molecule has 0 unspecified atom stereocenters. The van der Waals surface area contributed by atoms with Gasteiger partial charge in [-0.25, -0.2) is 4.98 Å². The lowest BCUT2D eigenvalue weighted by molar-refractivity contribution is 0.316. The summed E-state index contributed by atoms with van der Waals surface area (Å²) in [4.78, 5) is 7.78. The number of nitrogens with zero attached hydrogens (tertiary/aromatic N) is 1. The highest BCUT2D eigenvalue weighted by Crippen LogP contribution is 2.29. The van der Waals surface area contributed by atoms with Gasteiger partial charge in [0.2, 0.25) is 0 Å². The first-order valence-corrected chi connectivity index (χ1v) is 5.17. The second kappa shape index (κ2) is 3.73. The maximum Gasteiger partial charge on any atom is 0.124 e. The van der Waals surface area contributed by atoms with E-state index in [9.17, 15) is 0 Å². The first-order chi connectivity index (χ1) is 6.36. The number of nitrogens with one attached hydrogen (secondary N) is 1. The fraction of sp³-hybridized carbons (Fsp3) is 0.727. The molecule has 80 valence electrons. The van der Waals surface area contributed by atoms with Gasteiger partial charge in [0, 0.05) is 5.69 Å². The van der Waals surface area contributed by atoms with Crippen LogP contribution >= 0.6 is 0 Å². The van der Waals surface area contributed by atoms with Crippen molar-refractivity contribution in [2.75, 3.05) is 0 Å². The number of aromatic nitrogens is 2. The molecule has 0 aromatic carbocycles. The Kier molecular flexibility index (Phi) is 3.00. The van der Waals surface area contributed by atoms with Crippen molar-refractivity contribution in [2.45, 2.75) is 47.1 Å². The number of aryl methyl sites for hydroxylation is 2. The molecule has 0 fully saturated rings. The van der Waals surface area contributed by atoms with E-state index in [1.807, 2.05) is 6.92 Å². The van der Waals surface area contributed by atoms with Crippen molar-refractivity contribution in [2.24, 2.45) is 11.1 Å². The van der Waals surface area contributed by atoms with Gasteiger partial charge in [-0.1, -0.05) is 27.7 Å². The van der Waals surface area contributed by atoms with Crippen LogP contribution in [0.2, 0.25) is 0 Å². The second-order valence-electron chi connectivity index (χ2n) is 4.89. The maximum atomic E-state index is 6.12. The van der Waals surface area contributed by atoms with Gasteiger partial charge in [0.1, 0.15) is 5.82 Å². The number of aromatic amines is 1. The third-order valence-corrected chi connectivity index (χ3v) is 2.57. The topological polar surface area (TPSA) is 54.7 Å². The molecular weight excluding hydrogens is 174 g/mol. The monoisotopic (exact) mass is 195 g/mol. The van der Waals surface area contributed by atoms with Crippen LogP contribution in [-0.4, -0.2) is 9.97 Å². The Labute approximate surface area is 86.1 Å². The predicted octanol–water partition coefficient (Wildman–Crippen LogP) is 2.33. The fourth-order valence-electron chi connectivity index (χ4n) is 1.42. The maximum absolute atomic E-state index is 6.12. The Balaban J connectivity index is 2.97. The van der Waals surface area contributed by atoms with Crippen molar-refractivity contribution >= 4 is 0 Å². The van der Waals surface area contributed by atoms with Crippen molar-refractivity contribution in [3.8, 4) is 0 Å². The number of imidazole rings is 1. The van der Waals surface area contributed by atoms with Gasteiger partial charge in [0.05, 0.1) is 11.7 Å². The molecule has 1 aromatic heterocycles. The van der Waals surface area contributed by atoms with Crippen LogP contribution in [0.4, 0.5) is 0 Å². The van der Waals surface area contributed by atoms with Crippen LogP contribution in [-0.2, 0) is 6.42 Å². The van der Waals surface area contributed by atoms with Gasteiger partial charge in [0.15, 0.2) is 0 Å². The third kappa shape index (κ3) is 2.15. The average Bonchev–Trinajstić information content (AvgIpc) is 2.43. The Bertz CT molecular complexity index is 307. The molecule has 1 heterocycles. The molecule has 0 saturated carbocycles. The molecule has 3 nitrogen and oxygen atoms in total. The number of H-pyrrole nitrogens is 1. The van der Waals surface area contributed by atoms with E-state index in [1.54, 1.807) is 0 Å². The largest absolute Gasteiger partial charge is 0.345 e. The molecule has 0 saturated heterocycles. The van der Waals surface area contributed by atoms with Crippen molar-refractivity contribution in [3.05, 3.63) is 17.2 Å². The van der Waals surface area contributed by atoms with Crippen molar-refractivity contribution < 1.29 is 0 Å². The molecule has 3 N–H and O–H groups in total. The summed E-state index contributed by atoms with van der Waals surface area (Å²) in [6, 6.07) is -0.0264. The summed E-state index contributed by atoms with van der Waals surface area (Å²) in [5.41, 5.74) is 8.43. The summed E-state index contributed by atoms with van der Waals surface area (Å²) in [5.74, 6) is 0.909. The summed E-state index contributed by atoms with van der Waals surface area (Å²) < 4.78 is 0. The van der Waals surface area contributed by atoms with Gasteiger partial charge in [-0.3, -0.25) is 0 Å². The van der Waals surface area contributed by atoms with Crippen LogP contribution in [0.15, 0.2) is 0 Å². The van der Waals surface area contributed by atoms with Crippen LogP contribution < -0.4 is 5.73 Å². The lowest BCUT2D eigenvalue weighted by atomic mass is 9.87. The van der Waals surface area contributed by atoms with Crippen LogP contribution in [0.25, 0.3) is 0 Å². The SMILES string of the molecule is CCc1nc([C@@H](N)C(C)(C)C)[nH]c1C. The first kappa shape index (κ1) is 11.2. The minimum absolute atomic E-state index is 0.0264. The lowest BCUT2D eigenvalue weighted by Gasteiger charge is -2.24. The lowest BCUT2D eigenvalue weighted by Crippen LogP contribution is -2.27. The van der Waals surface area contributed by atoms with E-state index in [-0.39, 0.29) is 11.5 Å². The fourth-order valence-corrected chi connectivity index (χ4v) is 1.42. The molecule has 0 aliphatic rings. The zero-order valence-corrected chi connectivity index (χ0v) is 9.81. The molecule has 1 atom stereocenters. The van der Waals surface area contributed by atoms with Gasteiger partial charge >= 0.3 is 0 Å². The number of rotatable bonds is 2. The number of hydrogen-bond donors (Lipinski definition) is 2. The minimum Gasteiger partial charge on any atom is -0.345 e. The van der Waals surface area contributed by atoms with E-state index in [0.29, 0.717) is 0 Å². The molecule has 0 aliphatic heterocycles. The standard InChI is InChI=1S/C11H21N3/c1-6-8-7(2)13-10(14-8)9(12)11(3,4)5/h9H,6,12H2,1-5H3,(H,13,14)/t9-/m1/s1. The van der Waals surface area contributed by atoms with Gasteiger partial charge in [0.25, 0.3) is 0 Å². The van der Waals surface area contributed by atoms with Gasteiger partial charge in [-0.15, -0.1) is 0 Å². The molecule has 0 amide bonds. The van der Waals surface area contributed by atoms with E-state index in [1.165, 1.54) is 0 Å². The highest BCUT2D eigenvalue weighted by Gasteiger charge is 2.25.